The first kappa shape index (κ1) is 10.1. The molecule has 0 saturated heterocycles. The summed E-state index contributed by atoms with van der Waals surface area (Å²) in [6.45, 7) is 0.808. The molecular weight excluding hydrogens is 149 g/mol. The second kappa shape index (κ2) is 5.85. The summed E-state index contributed by atoms with van der Waals surface area (Å²) >= 11 is 0. The molecule has 0 unspecified atom stereocenters. The molecule has 4 N–H and O–H groups in total. The van der Waals surface area contributed by atoms with Crippen LogP contribution in [0.25, 0.3) is 0 Å². The summed E-state index contributed by atoms with van der Waals surface area (Å²) in [6, 6.07) is 0. The number of allylic oxidation sites excluding steroid dienone is 1. The molecule has 4 heteroatoms. The van der Waals surface area contributed by atoms with Crippen molar-refractivity contribution >= 4 is 5.97 Å². The predicted octanol–water partition coefficient (Wildman–Crippen LogP) is 0.337. The number of carboxylic acids is 1. The number of unbranched alkanes of at least 4 members (excludes halogenated alkanes) is 2. The van der Waals surface area contributed by atoms with Gasteiger partial charge in [0.15, 0.2) is 0 Å². The average molecular weight is 162 g/mol. The number of quaternary nitrogens is 1. The van der Waals surface area contributed by atoms with Crippen molar-refractivity contribution in [1.29, 1.82) is 0 Å². The van der Waals surface area contributed by atoms with Crippen LogP contribution in [0.1, 0.15) is 19.3 Å². The number of hydrogen-bond donors (Lipinski definition) is 2. The van der Waals surface area contributed by atoms with E-state index in [2.05, 4.69) is 5.73 Å². The number of halogens is 1. The summed E-state index contributed by atoms with van der Waals surface area (Å²) in [5, 5.41) is 8.08. The highest BCUT2D eigenvalue weighted by Gasteiger charge is 2.02. The van der Waals surface area contributed by atoms with Crippen molar-refractivity contribution in [3.8, 4) is 0 Å². The van der Waals surface area contributed by atoms with E-state index >= 15 is 0 Å². The summed E-state index contributed by atoms with van der Waals surface area (Å²) in [5.41, 5.74) is 3.61. The van der Waals surface area contributed by atoms with Crippen LogP contribution >= 0.6 is 0 Å². The van der Waals surface area contributed by atoms with Gasteiger partial charge in [-0.3, -0.25) is 0 Å². The minimum absolute atomic E-state index is 0.480. The van der Waals surface area contributed by atoms with Crippen molar-refractivity contribution in [2.75, 3.05) is 6.54 Å². The normalized spacial score (nSPS) is 11.6. The van der Waals surface area contributed by atoms with E-state index in [1.165, 1.54) is 0 Å². The molecule has 0 saturated carbocycles. The first-order valence-electron chi connectivity index (χ1n) is 3.56. The van der Waals surface area contributed by atoms with Crippen molar-refractivity contribution in [3.05, 3.63) is 11.9 Å². The number of carbonyl (C=O) groups is 1. The maximum Gasteiger partial charge on any atom is 0.364 e. The number of aliphatic carboxylic acids is 1. The van der Waals surface area contributed by atoms with Crippen LogP contribution < -0.4 is 5.73 Å². The Hall–Kier alpha value is -0.900. The van der Waals surface area contributed by atoms with Crippen molar-refractivity contribution < 1.29 is 20.0 Å². The van der Waals surface area contributed by atoms with Gasteiger partial charge < -0.3 is 10.8 Å². The Balaban J connectivity index is 3.48. The monoisotopic (exact) mass is 162 g/mol. The summed E-state index contributed by atoms with van der Waals surface area (Å²) in [6.07, 6.45) is 3.28. The Bertz CT molecular complexity index is 157. The Kier molecular flexibility index (Phi) is 5.37. The third kappa shape index (κ3) is 5.54. The van der Waals surface area contributed by atoms with E-state index in [1.54, 1.807) is 0 Å². The van der Waals surface area contributed by atoms with E-state index in [1.807, 2.05) is 0 Å². The predicted molar refractivity (Wildman–Crippen MR) is 38.4 cm³/mol. The van der Waals surface area contributed by atoms with Crippen molar-refractivity contribution in [1.82, 2.24) is 0 Å². The van der Waals surface area contributed by atoms with E-state index in [9.17, 15) is 9.18 Å². The molecule has 11 heavy (non-hydrogen) atoms. The highest BCUT2D eigenvalue weighted by Crippen LogP contribution is 2.01. The second-order valence-corrected chi connectivity index (χ2v) is 2.21. The molecule has 0 aromatic rings. The smallest absolute Gasteiger partial charge is 0.364 e. The van der Waals surface area contributed by atoms with Gasteiger partial charge in [0, 0.05) is 0 Å². The Morgan fingerprint density at radius 3 is 2.64 bits per heavy atom. The molecule has 0 fully saturated rings. The Labute approximate surface area is 64.7 Å². The van der Waals surface area contributed by atoms with Crippen molar-refractivity contribution in [2.45, 2.75) is 19.3 Å². The van der Waals surface area contributed by atoms with Crippen LogP contribution in [0.3, 0.4) is 0 Å². The molecule has 0 radical (unpaired) electrons. The van der Waals surface area contributed by atoms with Crippen molar-refractivity contribution in [2.24, 2.45) is 0 Å². The fraction of sp³-hybridized carbons (Fsp3) is 0.571. The number of hydrogen-bond acceptors (Lipinski definition) is 1. The number of carboxylic acid groups (broad SMARTS) is 1. The number of rotatable bonds is 5. The average Bonchev–Trinajstić information content (AvgIpc) is 1.97. The highest BCUT2D eigenvalue weighted by molar-refractivity contribution is 5.83. The van der Waals surface area contributed by atoms with Gasteiger partial charge >= 0.3 is 5.97 Å². The first-order chi connectivity index (χ1) is 5.18. The van der Waals surface area contributed by atoms with Gasteiger partial charge in [0.1, 0.15) is 0 Å². The molecule has 0 atom stereocenters. The minimum atomic E-state index is -1.49. The first-order valence-corrected chi connectivity index (χ1v) is 3.56. The second-order valence-electron chi connectivity index (χ2n) is 2.21. The SMILES string of the molecule is [NH3+]CCCC/C=C(\F)C(=O)O. The third-order valence-corrected chi connectivity index (χ3v) is 1.23. The minimum Gasteiger partial charge on any atom is -0.476 e. The maximum absolute atomic E-state index is 12.2. The fourth-order valence-corrected chi connectivity index (χ4v) is 0.637. The zero-order chi connectivity index (χ0) is 8.69. The van der Waals surface area contributed by atoms with Crippen LogP contribution in [0.4, 0.5) is 4.39 Å². The van der Waals surface area contributed by atoms with Crippen LogP contribution in [0.2, 0.25) is 0 Å². The van der Waals surface area contributed by atoms with Crippen LogP contribution in [0, 0.1) is 0 Å². The van der Waals surface area contributed by atoms with Gasteiger partial charge in [0.25, 0.3) is 0 Å². The van der Waals surface area contributed by atoms with Crippen LogP contribution in [0.15, 0.2) is 11.9 Å². The highest BCUT2D eigenvalue weighted by atomic mass is 19.1. The molecule has 0 aliphatic carbocycles. The van der Waals surface area contributed by atoms with Crippen LogP contribution in [-0.2, 0) is 4.79 Å². The fourth-order valence-electron chi connectivity index (χ4n) is 0.637. The van der Waals surface area contributed by atoms with E-state index in [0.29, 0.717) is 6.42 Å². The zero-order valence-corrected chi connectivity index (χ0v) is 6.35. The summed E-state index contributed by atoms with van der Waals surface area (Å²) in [7, 11) is 0. The van der Waals surface area contributed by atoms with E-state index in [-0.39, 0.29) is 0 Å². The quantitative estimate of drug-likeness (QED) is 0.452. The third-order valence-electron chi connectivity index (χ3n) is 1.23. The van der Waals surface area contributed by atoms with E-state index in [0.717, 1.165) is 25.5 Å². The molecule has 0 spiro atoms. The molecule has 3 nitrogen and oxygen atoms in total. The lowest BCUT2D eigenvalue weighted by molar-refractivity contribution is -0.368. The van der Waals surface area contributed by atoms with Gasteiger partial charge in [-0.05, 0) is 25.3 Å². The molecular formula is C7H13FNO2+. The maximum atomic E-state index is 12.2. The topological polar surface area (TPSA) is 64.9 Å². The lowest BCUT2D eigenvalue weighted by Gasteiger charge is -1.90. The largest absolute Gasteiger partial charge is 0.476 e. The van der Waals surface area contributed by atoms with Crippen LogP contribution in [0.5, 0.6) is 0 Å². The standard InChI is InChI=1S/C7H12FNO2/c8-6(7(10)11)4-2-1-3-5-9/h4H,1-3,5,9H2,(H,10,11)/p+1/b6-4-. The van der Waals surface area contributed by atoms with Crippen LogP contribution in [-0.4, -0.2) is 17.6 Å². The zero-order valence-electron chi connectivity index (χ0n) is 6.35. The van der Waals surface area contributed by atoms with Gasteiger partial charge in [-0.15, -0.1) is 0 Å². The Morgan fingerprint density at radius 2 is 2.18 bits per heavy atom. The van der Waals surface area contributed by atoms with Crippen molar-refractivity contribution in [3.63, 3.8) is 0 Å². The summed E-state index contributed by atoms with van der Waals surface area (Å²) in [4.78, 5) is 9.91. The molecule has 64 valence electrons. The summed E-state index contributed by atoms with van der Waals surface area (Å²) in [5.74, 6) is -2.55. The molecule has 0 aromatic carbocycles. The van der Waals surface area contributed by atoms with Gasteiger partial charge in [0.2, 0.25) is 5.83 Å². The molecule has 0 aromatic heterocycles. The molecule has 0 aliphatic rings. The molecule has 0 amide bonds. The Morgan fingerprint density at radius 1 is 1.55 bits per heavy atom. The molecule has 0 bridgehead atoms. The lowest BCUT2D eigenvalue weighted by Crippen LogP contribution is -2.50. The van der Waals surface area contributed by atoms with Gasteiger partial charge in [-0.1, -0.05) is 0 Å². The van der Waals surface area contributed by atoms with E-state index < -0.39 is 11.8 Å². The van der Waals surface area contributed by atoms with Gasteiger partial charge in [-0.2, -0.15) is 4.39 Å². The van der Waals surface area contributed by atoms with Gasteiger partial charge in [-0.25, -0.2) is 4.79 Å². The van der Waals surface area contributed by atoms with E-state index in [4.69, 9.17) is 5.11 Å². The van der Waals surface area contributed by atoms with Gasteiger partial charge in [0.05, 0.1) is 6.54 Å². The molecule has 0 rings (SSSR count). The summed E-state index contributed by atoms with van der Waals surface area (Å²) < 4.78 is 12.2. The molecule has 0 heterocycles. The molecule has 0 aliphatic heterocycles. The lowest BCUT2D eigenvalue weighted by atomic mass is 10.2.